The molecule has 15 heavy (non-hydrogen) atoms. The van der Waals surface area contributed by atoms with Crippen LogP contribution in [0.5, 0.6) is 0 Å². The van der Waals surface area contributed by atoms with Gasteiger partial charge in [0.2, 0.25) is 0 Å². The highest BCUT2D eigenvalue weighted by Crippen LogP contribution is 2.04. The molecule has 2 rings (SSSR count). The van der Waals surface area contributed by atoms with Gasteiger partial charge in [0, 0.05) is 12.7 Å². The van der Waals surface area contributed by atoms with Gasteiger partial charge in [-0.2, -0.15) is 5.10 Å². The van der Waals surface area contributed by atoms with Crippen molar-refractivity contribution >= 4 is 0 Å². The van der Waals surface area contributed by atoms with Crippen LogP contribution in [0.1, 0.15) is 12.5 Å². The number of hydrogen-bond donors (Lipinski definition) is 1. The van der Waals surface area contributed by atoms with E-state index in [1.807, 2.05) is 12.1 Å². The highest BCUT2D eigenvalue weighted by Gasteiger charge is 1.99. The fourth-order valence-corrected chi connectivity index (χ4v) is 1.29. The van der Waals surface area contributed by atoms with Gasteiger partial charge >= 0.3 is 0 Å². The van der Waals surface area contributed by atoms with E-state index in [1.54, 1.807) is 17.2 Å². The van der Waals surface area contributed by atoms with E-state index < -0.39 is 0 Å². The molecule has 5 nitrogen and oxygen atoms in total. The van der Waals surface area contributed by atoms with E-state index in [0.29, 0.717) is 0 Å². The Kier molecular flexibility index (Phi) is 3.04. The summed E-state index contributed by atoms with van der Waals surface area (Å²) in [6.07, 6.45) is 4.92. The first-order valence-corrected chi connectivity index (χ1v) is 4.91. The van der Waals surface area contributed by atoms with Crippen molar-refractivity contribution in [2.24, 2.45) is 0 Å². The summed E-state index contributed by atoms with van der Waals surface area (Å²) in [7, 11) is 0. The molecule has 0 atom stereocenters. The Morgan fingerprint density at radius 3 is 3.13 bits per heavy atom. The molecule has 0 fully saturated rings. The molecule has 5 heteroatoms. The molecule has 0 aliphatic carbocycles. The van der Waals surface area contributed by atoms with Gasteiger partial charge < -0.3 is 5.32 Å². The first-order chi connectivity index (χ1) is 7.40. The summed E-state index contributed by atoms with van der Waals surface area (Å²) < 4.78 is 1.65. The molecule has 0 aromatic carbocycles. The number of pyridine rings is 1. The smallest absolute Gasteiger partial charge is 0.155 e. The maximum Gasteiger partial charge on any atom is 0.155 e. The summed E-state index contributed by atoms with van der Waals surface area (Å²) >= 11 is 0. The number of rotatable bonds is 4. The third-order valence-corrected chi connectivity index (χ3v) is 2.04. The first-order valence-electron chi connectivity index (χ1n) is 4.91. The predicted molar refractivity (Wildman–Crippen MR) is 56.5 cm³/mol. The van der Waals surface area contributed by atoms with Crippen molar-refractivity contribution < 1.29 is 0 Å². The van der Waals surface area contributed by atoms with Crippen LogP contribution in [0, 0.1) is 0 Å². The van der Waals surface area contributed by atoms with Crippen molar-refractivity contribution in [1.82, 2.24) is 25.1 Å². The molecular weight excluding hydrogens is 190 g/mol. The summed E-state index contributed by atoms with van der Waals surface area (Å²) in [6, 6.07) is 3.99. The van der Waals surface area contributed by atoms with Crippen molar-refractivity contribution in [3.05, 3.63) is 36.5 Å². The van der Waals surface area contributed by atoms with E-state index in [4.69, 9.17) is 0 Å². The molecule has 0 saturated carbocycles. The van der Waals surface area contributed by atoms with Crippen LogP contribution in [0.25, 0.3) is 5.82 Å². The van der Waals surface area contributed by atoms with Crippen molar-refractivity contribution in [2.75, 3.05) is 6.54 Å². The molecule has 2 aromatic rings. The maximum atomic E-state index is 4.22. The highest BCUT2D eigenvalue weighted by atomic mass is 15.3. The quantitative estimate of drug-likeness (QED) is 0.797. The molecule has 0 amide bonds. The third kappa shape index (κ3) is 2.38. The second kappa shape index (κ2) is 4.65. The van der Waals surface area contributed by atoms with Crippen LogP contribution in [0.4, 0.5) is 0 Å². The average molecular weight is 203 g/mol. The molecule has 0 aliphatic rings. The molecule has 0 radical (unpaired) electrons. The SMILES string of the molecule is CCNCc1ccnc(-n2cncn2)c1. The summed E-state index contributed by atoms with van der Waals surface area (Å²) in [5, 5.41) is 7.29. The molecule has 2 aromatic heterocycles. The lowest BCUT2D eigenvalue weighted by Crippen LogP contribution is -2.12. The van der Waals surface area contributed by atoms with Crippen molar-refractivity contribution in [3.8, 4) is 5.82 Å². The van der Waals surface area contributed by atoms with Gasteiger partial charge in [-0.1, -0.05) is 6.92 Å². The van der Waals surface area contributed by atoms with Crippen LogP contribution in [0.15, 0.2) is 31.0 Å². The molecule has 2 heterocycles. The fraction of sp³-hybridized carbons (Fsp3) is 0.300. The van der Waals surface area contributed by atoms with E-state index in [9.17, 15) is 0 Å². The molecule has 78 valence electrons. The Hall–Kier alpha value is -1.75. The van der Waals surface area contributed by atoms with E-state index in [-0.39, 0.29) is 0 Å². The van der Waals surface area contributed by atoms with Gasteiger partial charge in [-0.15, -0.1) is 0 Å². The molecule has 0 saturated heterocycles. The van der Waals surface area contributed by atoms with Gasteiger partial charge in [-0.05, 0) is 24.2 Å². The van der Waals surface area contributed by atoms with Crippen LogP contribution >= 0.6 is 0 Å². The zero-order valence-corrected chi connectivity index (χ0v) is 8.59. The van der Waals surface area contributed by atoms with Crippen molar-refractivity contribution in [2.45, 2.75) is 13.5 Å². The van der Waals surface area contributed by atoms with Crippen LogP contribution in [-0.4, -0.2) is 26.3 Å². The van der Waals surface area contributed by atoms with Crippen molar-refractivity contribution in [1.29, 1.82) is 0 Å². The second-order valence-electron chi connectivity index (χ2n) is 3.14. The van der Waals surface area contributed by atoms with Gasteiger partial charge in [-0.3, -0.25) is 0 Å². The minimum absolute atomic E-state index is 0.794. The molecule has 0 unspecified atom stereocenters. The monoisotopic (exact) mass is 203 g/mol. The maximum absolute atomic E-state index is 4.22. The lowest BCUT2D eigenvalue weighted by Gasteiger charge is -2.04. The Morgan fingerprint density at radius 1 is 1.47 bits per heavy atom. The molecule has 0 aliphatic heterocycles. The number of hydrogen-bond acceptors (Lipinski definition) is 4. The number of aromatic nitrogens is 4. The van der Waals surface area contributed by atoms with E-state index >= 15 is 0 Å². The normalized spacial score (nSPS) is 10.5. The standard InChI is InChI=1S/C10H13N5/c1-2-11-6-9-3-4-13-10(5-9)15-8-12-7-14-15/h3-5,7-8,11H,2,6H2,1H3. The zero-order chi connectivity index (χ0) is 10.5. The van der Waals surface area contributed by atoms with Gasteiger partial charge in [0.25, 0.3) is 0 Å². The van der Waals surface area contributed by atoms with Gasteiger partial charge in [-0.25, -0.2) is 14.6 Å². The van der Waals surface area contributed by atoms with Gasteiger partial charge in [0.15, 0.2) is 5.82 Å². The Bertz CT molecular complexity index is 410. The van der Waals surface area contributed by atoms with Crippen LogP contribution in [0.3, 0.4) is 0 Å². The zero-order valence-electron chi connectivity index (χ0n) is 8.59. The number of nitrogens with one attached hydrogen (secondary N) is 1. The molecule has 0 spiro atoms. The Morgan fingerprint density at radius 2 is 2.40 bits per heavy atom. The summed E-state index contributed by atoms with van der Waals surface area (Å²) in [4.78, 5) is 8.11. The lowest BCUT2D eigenvalue weighted by atomic mass is 10.2. The van der Waals surface area contributed by atoms with E-state index in [1.165, 1.54) is 11.9 Å². The molecular formula is C10H13N5. The van der Waals surface area contributed by atoms with Crippen LogP contribution in [-0.2, 0) is 6.54 Å². The molecule has 1 N–H and O–H groups in total. The minimum atomic E-state index is 0.794. The van der Waals surface area contributed by atoms with E-state index in [2.05, 4.69) is 27.3 Å². The lowest BCUT2D eigenvalue weighted by molar-refractivity contribution is 0.723. The predicted octanol–water partition coefficient (Wildman–Crippen LogP) is 0.772. The van der Waals surface area contributed by atoms with Crippen LogP contribution < -0.4 is 5.32 Å². The Labute approximate surface area is 88.2 Å². The summed E-state index contributed by atoms with van der Waals surface area (Å²) in [5.74, 6) is 0.794. The topological polar surface area (TPSA) is 55.6 Å². The fourth-order valence-electron chi connectivity index (χ4n) is 1.29. The summed E-state index contributed by atoms with van der Waals surface area (Å²) in [6.45, 7) is 3.89. The van der Waals surface area contributed by atoms with Crippen LogP contribution in [0.2, 0.25) is 0 Å². The minimum Gasteiger partial charge on any atom is -0.313 e. The van der Waals surface area contributed by atoms with Crippen molar-refractivity contribution in [3.63, 3.8) is 0 Å². The largest absolute Gasteiger partial charge is 0.313 e. The molecule has 0 bridgehead atoms. The second-order valence-corrected chi connectivity index (χ2v) is 3.14. The van der Waals surface area contributed by atoms with Gasteiger partial charge in [0.05, 0.1) is 0 Å². The summed E-state index contributed by atoms with van der Waals surface area (Å²) in [5.41, 5.74) is 1.19. The van der Waals surface area contributed by atoms with E-state index in [0.717, 1.165) is 18.9 Å². The Balaban J connectivity index is 2.19. The highest BCUT2D eigenvalue weighted by molar-refractivity contribution is 5.26. The van der Waals surface area contributed by atoms with Gasteiger partial charge in [0.1, 0.15) is 12.7 Å². The average Bonchev–Trinajstić information content (AvgIpc) is 2.80. The first kappa shape index (κ1) is 9.79. The number of nitrogens with zero attached hydrogens (tertiary/aromatic N) is 4. The third-order valence-electron chi connectivity index (χ3n) is 2.04.